The molecule has 5 heteroatoms. The number of nitrogens with one attached hydrogen (secondary N) is 2. The number of para-hydroxylation sites is 1. The lowest BCUT2D eigenvalue weighted by atomic mass is 10.1. The van der Waals surface area contributed by atoms with Crippen LogP contribution in [-0.4, -0.2) is 24.0 Å². The third kappa shape index (κ3) is 3.89. The largest absolute Gasteiger partial charge is 0.479 e. The highest BCUT2D eigenvalue weighted by Gasteiger charge is 2.05. The number of carbonyl (C=O) groups is 1. The highest BCUT2D eigenvalue weighted by atomic mass is 35.5. The summed E-state index contributed by atoms with van der Waals surface area (Å²) < 4.78 is 5.45. The van der Waals surface area contributed by atoms with E-state index in [4.69, 9.17) is 16.3 Å². The number of H-pyrrole nitrogens is 1. The molecule has 3 aromatic rings. The molecule has 24 heavy (non-hydrogen) atoms. The molecule has 1 amide bonds. The second-order valence-corrected chi connectivity index (χ2v) is 5.44. The van der Waals surface area contributed by atoms with Gasteiger partial charge in [-0.3, -0.25) is 4.79 Å². The van der Waals surface area contributed by atoms with E-state index in [1.807, 2.05) is 36.5 Å². The first-order chi connectivity index (χ1) is 11.7. The van der Waals surface area contributed by atoms with Crippen LogP contribution < -0.4 is 10.1 Å². The summed E-state index contributed by atoms with van der Waals surface area (Å²) >= 11 is 5.97. The summed E-state index contributed by atoms with van der Waals surface area (Å²) in [7, 11) is 0. The van der Waals surface area contributed by atoms with Crippen molar-refractivity contribution >= 4 is 28.4 Å². The molecule has 0 bridgehead atoms. The number of fused-ring (bicyclic) bond motifs is 1. The molecule has 0 spiro atoms. The molecule has 2 aromatic carbocycles. The van der Waals surface area contributed by atoms with Gasteiger partial charge in [0.25, 0.3) is 5.91 Å². The van der Waals surface area contributed by atoms with E-state index in [9.17, 15) is 4.79 Å². The monoisotopic (exact) mass is 338 g/mol. The maximum absolute atomic E-state index is 12.1. The van der Waals surface area contributed by atoms with E-state index in [-0.39, 0.29) is 19.1 Å². The molecule has 120 valence electrons. The predicted molar refractivity (Wildman–Crippen MR) is 95.4 cm³/mol. The molecule has 4 nitrogen and oxygen atoms in total. The fourth-order valence-electron chi connectivity index (χ4n) is 2.20. The number of aromatic amines is 1. The first-order valence-electron chi connectivity index (χ1n) is 7.42. The Kier molecular flexibility index (Phi) is 5.05. The third-order valence-electron chi connectivity index (χ3n) is 3.42. The Bertz CT molecular complexity index is 922. The summed E-state index contributed by atoms with van der Waals surface area (Å²) in [6, 6.07) is 14.7. The first kappa shape index (κ1) is 16.0. The van der Waals surface area contributed by atoms with Crippen molar-refractivity contribution < 1.29 is 9.53 Å². The zero-order valence-corrected chi connectivity index (χ0v) is 13.6. The third-order valence-corrected chi connectivity index (χ3v) is 3.73. The summed E-state index contributed by atoms with van der Waals surface area (Å²) in [5.74, 6) is 6.13. The molecule has 0 saturated carbocycles. The van der Waals surface area contributed by atoms with Crippen LogP contribution in [0.4, 0.5) is 0 Å². The van der Waals surface area contributed by atoms with E-state index < -0.39 is 0 Å². The molecule has 0 saturated heterocycles. The van der Waals surface area contributed by atoms with Crippen molar-refractivity contribution in [2.75, 3.05) is 13.2 Å². The standard InChI is InChI=1S/C19H15ClN2O2/c20-16-5-1-2-6-18(16)24-12-4-3-10-22-19(23)15-8-7-14-9-11-21-17(14)13-15/h1-2,5-9,11,13,21H,10,12H2,(H,22,23). The zero-order valence-electron chi connectivity index (χ0n) is 12.8. The maximum atomic E-state index is 12.1. The molecule has 0 radical (unpaired) electrons. The minimum Gasteiger partial charge on any atom is -0.479 e. The quantitative estimate of drug-likeness (QED) is 0.714. The minimum atomic E-state index is -0.159. The minimum absolute atomic E-state index is 0.159. The predicted octanol–water partition coefficient (Wildman–Crippen LogP) is 3.63. The highest BCUT2D eigenvalue weighted by Crippen LogP contribution is 2.22. The lowest BCUT2D eigenvalue weighted by Gasteiger charge is -2.03. The van der Waals surface area contributed by atoms with Crippen LogP contribution in [-0.2, 0) is 0 Å². The van der Waals surface area contributed by atoms with Crippen LogP contribution in [0, 0.1) is 11.8 Å². The first-order valence-corrected chi connectivity index (χ1v) is 7.80. The Morgan fingerprint density at radius 2 is 2.04 bits per heavy atom. The Labute approximate surface area is 144 Å². The van der Waals surface area contributed by atoms with Crippen molar-refractivity contribution in [3.8, 4) is 17.6 Å². The van der Waals surface area contributed by atoms with Crippen molar-refractivity contribution in [3.05, 3.63) is 65.3 Å². The van der Waals surface area contributed by atoms with Crippen molar-refractivity contribution in [1.82, 2.24) is 10.3 Å². The van der Waals surface area contributed by atoms with E-state index in [1.165, 1.54) is 0 Å². The van der Waals surface area contributed by atoms with E-state index >= 15 is 0 Å². The van der Waals surface area contributed by atoms with Gasteiger partial charge in [0.15, 0.2) is 0 Å². The van der Waals surface area contributed by atoms with E-state index in [0.29, 0.717) is 16.3 Å². The Balaban J connectivity index is 1.48. The Morgan fingerprint density at radius 1 is 1.17 bits per heavy atom. The summed E-state index contributed by atoms with van der Waals surface area (Å²) in [5.41, 5.74) is 1.53. The van der Waals surface area contributed by atoms with Crippen LogP contribution in [0.25, 0.3) is 10.9 Å². The number of halogens is 1. The van der Waals surface area contributed by atoms with E-state index in [1.54, 1.807) is 18.2 Å². The summed E-state index contributed by atoms with van der Waals surface area (Å²) in [5, 5.41) is 4.38. The molecule has 0 aliphatic carbocycles. The van der Waals surface area contributed by atoms with Crippen molar-refractivity contribution in [2.45, 2.75) is 0 Å². The highest BCUT2D eigenvalue weighted by molar-refractivity contribution is 6.32. The molecule has 0 unspecified atom stereocenters. The number of aromatic nitrogens is 1. The number of hydrogen-bond acceptors (Lipinski definition) is 2. The fraction of sp³-hybridized carbons (Fsp3) is 0.105. The SMILES string of the molecule is O=C(NCC#CCOc1ccccc1Cl)c1ccc2cc[nH]c2c1. The van der Waals surface area contributed by atoms with Crippen LogP contribution in [0.2, 0.25) is 5.02 Å². The van der Waals surface area contributed by atoms with Gasteiger partial charge in [-0.25, -0.2) is 0 Å². The van der Waals surface area contributed by atoms with Gasteiger partial charge in [-0.2, -0.15) is 0 Å². The molecule has 0 aliphatic heterocycles. The fourth-order valence-corrected chi connectivity index (χ4v) is 2.40. The normalized spacial score (nSPS) is 10.0. The lowest BCUT2D eigenvalue weighted by molar-refractivity contribution is 0.0959. The molecular weight excluding hydrogens is 324 g/mol. The number of amides is 1. The Hall–Kier alpha value is -2.90. The van der Waals surface area contributed by atoms with E-state index in [2.05, 4.69) is 22.1 Å². The van der Waals surface area contributed by atoms with Crippen LogP contribution >= 0.6 is 11.6 Å². The molecule has 3 rings (SSSR count). The van der Waals surface area contributed by atoms with Crippen molar-refractivity contribution in [2.24, 2.45) is 0 Å². The molecule has 2 N–H and O–H groups in total. The second kappa shape index (κ2) is 7.58. The van der Waals surface area contributed by atoms with E-state index in [0.717, 1.165) is 10.9 Å². The molecule has 1 aromatic heterocycles. The number of benzene rings is 2. The number of ether oxygens (including phenoxy) is 1. The average molecular weight is 339 g/mol. The average Bonchev–Trinajstić information content (AvgIpc) is 3.07. The molecule has 1 heterocycles. The Morgan fingerprint density at radius 3 is 2.92 bits per heavy atom. The van der Waals surface area contributed by atoms with Gasteiger partial charge in [0.2, 0.25) is 0 Å². The van der Waals surface area contributed by atoms with Gasteiger partial charge in [-0.15, -0.1) is 0 Å². The van der Waals surface area contributed by atoms with Crippen LogP contribution in [0.1, 0.15) is 10.4 Å². The van der Waals surface area contributed by atoms with Gasteiger partial charge in [-0.05, 0) is 35.7 Å². The van der Waals surface area contributed by atoms with Gasteiger partial charge in [0, 0.05) is 17.3 Å². The molecule has 0 aliphatic rings. The number of hydrogen-bond donors (Lipinski definition) is 2. The smallest absolute Gasteiger partial charge is 0.252 e. The zero-order chi connectivity index (χ0) is 16.8. The number of carbonyl (C=O) groups excluding carboxylic acids is 1. The van der Waals surface area contributed by atoms with Gasteiger partial charge in [0.1, 0.15) is 12.4 Å². The maximum Gasteiger partial charge on any atom is 0.252 e. The van der Waals surface area contributed by atoms with Gasteiger partial charge < -0.3 is 15.0 Å². The number of rotatable bonds is 4. The van der Waals surface area contributed by atoms with Crippen LogP contribution in [0.5, 0.6) is 5.75 Å². The van der Waals surface area contributed by atoms with Crippen molar-refractivity contribution in [3.63, 3.8) is 0 Å². The lowest BCUT2D eigenvalue weighted by Crippen LogP contribution is -2.23. The molecule has 0 fully saturated rings. The summed E-state index contributed by atoms with van der Waals surface area (Å²) in [6.07, 6.45) is 1.84. The molecular formula is C19H15ClN2O2. The van der Waals surface area contributed by atoms with Crippen molar-refractivity contribution in [1.29, 1.82) is 0 Å². The summed E-state index contributed by atoms with van der Waals surface area (Å²) in [6.45, 7) is 0.474. The van der Waals surface area contributed by atoms with Crippen LogP contribution in [0.3, 0.4) is 0 Å². The van der Waals surface area contributed by atoms with Gasteiger partial charge in [0.05, 0.1) is 11.6 Å². The molecule has 0 atom stereocenters. The topological polar surface area (TPSA) is 54.1 Å². The second-order valence-electron chi connectivity index (χ2n) is 5.04. The van der Waals surface area contributed by atoms with Gasteiger partial charge in [-0.1, -0.05) is 41.6 Å². The van der Waals surface area contributed by atoms with Gasteiger partial charge >= 0.3 is 0 Å². The summed E-state index contributed by atoms with van der Waals surface area (Å²) in [4.78, 5) is 15.2. The van der Waals surface area contributed by atoms with Crippen LogP contribution in [0.15, 0.2) is 54.7 Å².